The normalized spacial score (nSPS) is 25.3. The number of nitrogens with zero attached hydrogens (tertiary/aromatic N) is 3. The Kier molecular flexibility index (Phi) is 5.68. The zero-order chi connectivity index (χ0) is 24.3. The van der Waals surface area contributed by atoms with Crippen LogP contribution in [0.15, 0.2) is 29.3 Å². The Labute approximate surface area is 202 Å². The van der Waals surface area contributed by atoms with Crippen LogP contribution in [0.2, 0.25) is 5.02 Å². The van der Waals surface area contributed by atoms with Gasteiger partial charge in [-0.1, -0.05) is 11.6 Å². The molecule has 0 bridgehead atoms. The molecule has 0 saturated carbocycles. The van der Waals surface area contributed by atoms with Crippen LogP contribution in [0, 0.1) is 0 Å². The molecule has 3 saturated heterocycles. The number of aromatic amines is 1. The van der Waals surface area contributed by atoms with Crippen LogP contribution < -0.4 is 0 Å². The number of amides is 2. The first-order valence-electron chi connectivity index (χ1n) is 11.1. The van der Waals surface area contributed by atoms with E-state index < -0.39 is 21.3 Å². The van der Waals surface area contributed by atoms with Crippen LogP contribution in [0.25, 0.3) is 10.9 Å². The predicted octanol–water partition coefficient (Wildman–Crippen LogP) is 1.41. The zero-order valence-corrected chi connectivity index (χ0v) is 20.6. The Morgan fingerprint density at radius 3 is 2.65 bits per heavy atom. The fourth-order valence-electron chi connectivity index (χ4n) is 5.32. The van der Waals surface area contributed by atoms with Crippen molar-refractivity contribution in [3.05, 3.63) is 29.3 Å². The Morgan fingerprint density at radius 1 is 1.24 bits per heavy atom. The summed E-state index contributed by atoms with van der Waals surface area (Å²) in [5, 5.41) is 1.15. The number of likely N-dealkylation sites (tertiary alicyclic amines) is 1. The molecular formula is C22H27ClN4O6S. The lowest BCUT2D eigenvalue weighted by atomic mass is 9.91. The molecule has 5 rings (SSSR count). The summed E-state index contributed by atoms with van der Waals surface area (Å²) in [5.41, 5.74) is -1.24. The van der Waals surface area contributed by atoms with Crippen LogP contribution in [0.4, 0.5) is 0 Å². The smallest absolute Gasteiger partial charge is 0.259 e. The number of benzene rings is 1. The summed E-state index contributed by atoms with van der Waals surface area (Å²) < 4.78 is 40.3. The van der Waals surface area contributed by atoms with Crippen LogP contribution >= 0.6 is 11.6 Å². The van der Waals surface area contributed by atoms with Crippen molar-refractivity contribution in [2.45, 2.75) is 36.1 Å². The number of methoxy groups -OCH3 is 1. The molecule has 2 aromatic rings. The molecule has 0 aliphatic carbocycles. The van der Waals surface area contributed by atoms with Crippen molar-refractivity contribution in [1.82, 2.24) is 19.1 Å². The third-order valence-corrected chi connectivity index (χ3v) is 9.00. The molecule has 1 aromatic heterocycles. The molecule has 1 N–H and O–H groups in total. The third kappa shape index (κ3) is 3.79. The Bertz CT molecular complexity index is 1260. The van der Waals surface area contributed by atoms with Gasteiger partial charge in [0.2, 0.25) is 11.8 Å². The van der Waals surface area contributed by atoms with E-state index in [0.717, 1.165) is 4.31 Å². The van der Waals surface area contributed by atoms with Crippen LogP contribution in [0.3, 0.4) is 0 Å². The minimum absolute atomic E-state index is 0.00476. The highest BCUT2D eigenvalue weighted by atomic mass is 35.5. The minimum atomic E-state index is -4.03. The minimum Gasteiger partial charge on any atom is -0.380 e. The summed E-state index contributed by atoms with van der Waals surface area (Å²) in [6, 6.07) is 6.59. The lowest BCUT2D eigenvalue weighted by Gasteiger charge is -2.44. The molecule has 3 fully saturated rings. The molecule has 12 heteroatoms. The number of carbonyl (C=O) groups is 2. The van der Waals surface area contributed by atoms with E-state index in [9.17, 15) is 18.0 Å². The topological polar surface area (TPSA) is 112 Å². The van der Waals surface area contributed by atoms with E-state index in [1.54, 1.807) is 28.0 Å². The molecule has 1 unspecified atom stereocenters. The van der Waals surface area contributed by atoms with Gasteiger partial charge in [-0.3, -0.25) is 9.59 Å². The standard InChI is InChI=1S/C22H27ClN4O6S/c1-15(28)25-7-5-21(6-8-25)12-27-20(29)11-26(13-22(27,33-21)14-32-2)34(30,31)19-10-16-9-17(23)3-4-18(16)24-19/h3-4,9-10,24H,5-8,11-14H2,1-2H3. The van der Waals surface area contributed by atoms with Crippen LogP contribution in [-0.2, 0) is 29.1 Å². The summed E-state index contributed by atoms with van der Waals surface area (Å²) in [4.78, 5) is 31.3. The molecule has 4 heterocycles. The lowest BCUT2D eigenvalue weighted by molar-refractivity contribution is -0.197. The average Bonchev–Trinajstić information content (AvgIpc) is 3.34. The van der Waals surface area contributed by atoms with Crippen molar-refractivity contribution < 1.29 is 27.5 Å². The number of halogens is 1. The predicted molar refractivity (Wildman–Crippen MR) is 124 cm³/mol. The van der Waals surface area contributed by atoms with Crippen molar-refractivity contribution >= 4 is 44.3 Å². The van der Waals surface area contributed by atoms with Gasteiger partial charge >= 0.3 is 0 Å². The van der Waals surface area contributed by atoms with E-state index in [-0.39, 0.29) is 36.5 Å². The quantitative estimate of drug-likeness (QED) is 0.665. The van der Waals surface area contributed by atoms with Crippen LogP contribution in [0.1, 0.15) is 19.8 Å². The molecule has 1 aromatic carbocycles. The monoisotopic (exact) mass is 510 g/mol. The summed E-state index contributed by atoms with van der Waals surface area (Å²) >= 11 is 6.05. The summed E-state index contributed by atoms with van der Waals surface area (Å²) in [6.07, 6.45) is 1.13. The second-order valence-corrected chi connectivity index (χ2v) is 11.6. The van der Waals surface area contributed by atoms with Crippen molar-refractivity contribution in [2.75, 3.05) is 46.4 Å². The van der Waals surface area contributed by atoms with E-state index in [2.05, 4.69) is 4.98 Å². The van der Waals surface area contributed by atoms with Gasteiger partial charge in [-0.2, -0.15) is 4.31 Å². The first kappa shape index (κ1) is 23.6. The van der Waals surface area contributed by atoms with E-state index in [1.807, 2.05) is 0 Å². The number of H-pyrrole nitrogens is 1. The van der Waals surface area contributed by atoms with Gasteiger partial charge in [0.25, 0.3) is 10.0 Å². The van der Waals surface area contributed by atoms with E-state index >= 15 is 0 Å². The molecular weight excluding hydrogens is 484 g/mol. The first-order valence-corrected chi connectivity index (χ1v) is 12.9. The van der Waals surface area contributed by atoms with Gasteiger partial charge in [0.05, 0.1) is 31.8 Å². The van der Waals surface area contributed by atoms with E-state index in [4.69, 9.17) is 21.1 Å². The van der Waals surface area contributed by atoms with Crippen molar-refractivity contribution in [2.24, 2.45) is 0 Å². The number of sulfonamides is 1. The van der Waals surface area contributed by atoms with Gasteiger partial charge < -0.3 is 24.3 Å². The van der Waals surface area contributed by atoms with Gasteiger partial charge in [0, 0.05) is 43.0 Å². The van der Waals surface area contributed by atoms with Gasteiger partial charge in [-0.25, -0.2) is 8.42 Å². The summed E-state index contributed by atoms with van der Waals surface area (Å²) in [7, 11) is -2.53. The maximum absolute atomic E-state index is 13.6. The Hall–Kier alpha value is -2.18. The number of hydrogen-bond donors (Lipinski definition) is 1. The zero-order valence-electron chi connectivity index (χ0n) is 19.0. The molecule has 1 atom stereocenters. The molecule has 184 valence electrons. The van der Waals surface area contributed by atoms with Gasteiger partial charge in [-0.15, -0.1) is 0 Å². The number of ether oxygens (including phenoxy) is 2. The number of carbonyl (C=O) groups excluding carboxylic acids is 2. The molecule has 2 amide bonds. The molecule has 0 radical (unpaired) electrons. The number of fused-ring (bicyclic) bond motifs is 2. The number of hydrogen-bond acceptors (Lipinski definition) is 6. The second kappa shape index (κ2) is 8.20. The SMILES string of the molecule is COCC12CN(S(=O)(=O)c3cc4cc(Cl)ccc4[nH]3)CC(=O)N1CC1(CCN(C(C)=O)CC1)O2. The number of piperidine rings is 1. The molecule has 3 aliphatic heterocycles. The van der Waals surface area contributed by atoms with Crippen molar-refractivity contribution in [3.8, 4) is 0 Å². The Balaban J connectivity index is 1.45. The summed E-state index contributed by atoms with van der Waals surface area (Å²) in [6.45, 7) is 2.63. The van der Waals surface area contributed by atoms with Crippen LogP contribution in [0.5, 0.6) is 0 Å². The number of rotatable bonds is 4. The van der Waals surface area contributed by atoms with Crippen molar-refractivity contribution in [3.63, 3.8) is 0 Å². The fraction of sp³-hybridized carbons (Fsp3) is 0.545. The summed E-state index contributed by atoms with van der Waals surface area (Å²) in [5.74, 6) is -0.331. The average molecular weight is 511 g/mol. The maximum Gasteiger partial charge on any atom is 0.259 e. The molecule has 34 heavy (non-hydrogen) atoms. The largest absolute Gasteiger partial charge is 0.380 e. The number of piperazine rings is 1. The molecule has 1 spiro atoms. The van der Waals surface area contributed by atoms with Gasteiger partial charge in [0.15, 0.2) is 5.72 Å². The fourth-order valence-corrected chi connectivity index (χ4v) is 6.94. The number of aromatic nitrogens is 1. The molecule has 10 nitrogen and oxygen atoms in total. The lowest BCUT2D eigenvalue weighted by Crippen LogP contribution is -2.65. The van der Waals surface area contributed by atoms with Gasteiger partial charge in [0.1, 0.15) is 5.03 Å². The highest BCUT2D eigenvalue weighted by Gasteiger charge is 2.61. The van der Waals surface area contributed by atoms with E-state index in [0.29, 0.717) is 48.4 Å². The van der Waals surface area contributed by atoms with Crippen molar-refractivity contribution in [1.29, 1.82) is 0 Å². The Morgan fingerprint density at radius 2 is 1.97 bits per heavy atom. The first-order chi connectivity index (χ1) is 16.1. The number of nitrogens with one attached hydrogen (secondary N) is 1. The van der Waals surface area contributed by atoms with Crippen LogP contribution in [-0.4, -0.2) is 97.1 Å². The molecule has 3 aliphatic rings. The maximum atomic E-state index is 13.6. The second-order valence-electron chi connectivity index (χ2n) is 9.29. The highest BCUT2D eigenvalue weighted by Crippen LogP contribution is 2.44. The van der Waals surface area contributed by atoms with Gasteiger partial charge in [-0.05, 0) is 37.1 Å². The highest BCUT2D eigenvalue weighted by molar-refractivity contribution is 7.89. The third-order valence-electron chi connectivity index (χ3n) is 7.05. The van der Waals surface area contributed by atoms with E-state index in [1.165, 1.54) is 20.1 Å².